The molecule has 118 valence electrons. The molecule has 0 bridgehead atoms. The molecular formula is C15H31N3O2. The number of rotatable bonds is 10. The average Bonchev–Trinajstić information content (AvgIpc) is 2.34. The van der Waals surface area contributed by atoms with Crippen LogP contribution in [0.4, 0.5) is 0 Å². The van der Waals surface area contributed by atoms with E-state index in [0.717, 1.165) is 6.42 Å². The number of hydrogen-bond donors (Lipinski definition) is 3. The van der Waals surface area contributed by atoms with E-state index in [1.165, 1.54) is 0 Å². The molecule has 4 N–H and O–H groups in total. The predicted molar refractivity (Wildman–Crippen MR) is 82.1 cm³/mol. The fourth-order valence-corrected chi connectivity index (χ4v) is 1.99. The fourth-order valence-electron chi connectivity index (χ4n) is 1.99. The van der Waals surface area contributed by atoms with Crippen LogP contribution in [0.15, 0.2) is 0 Å². The van der Waals surface area contributed by atoms with E-state index in [2.05, 4.69) is 24.5 Å². The number of amides is 2. The number of hydrogen-bond acceptors (Lipinski definition) is 3. The third-order valence-corrected chi connectivity index (χ3v) is 2.99. The second kappa shape index (κ2) is 10.7. The van der Waals surface area contributed by atoms with Gasteiger partial charge in [-0.05, 0) is 30.7 Å². The Kier molecular flexibility index (Phi) is 10.1. The molecule has 5 nitrogen and oxygen atoms in total. The third-order valence-electron chi connectivity index (χ3n) is 2.99. The minimum atomic E-state index is -0.0171. The van der Waals surface area contributed by atoms with Gasteiger partial charge in [-0.15, -0.1) is 0 Å². The minimum Gasteiger partial charge on any atom is -0.356 e. The molecule has 5 heteroatoms. The van der Waals surface area contributed by atoms with Gasteiger partial charge in [-0.3, -0.25) is 9.59 Å². The fraction of sp³-hybridized carbons (Fsp3) is 0.867. The summed E-state index contributed by atoms with van der Waals surface area (Å²) in [4.78, 5) is 23.2. The Hall–Kier alpha value is -1.10. The SMILES string of the molecule is CC(C)CNC(=O)CCNC(=O)CC(CN)CC(C)C. The second-order valence-corrected chi connectivity index (χ2v) is 6.23. The van der Waals surface area contributed by atoms with Crippen molar-refractivity contribution in [1.82, 2.24) is 10.6 Å². The second-order valence-electron chi connectivity index (χ2n) is 6.23. The molecule has 0 aliphatic rings. The Morgan fingerprint density at radius 3 is 2.15 bits per heavy atom. The van der Waals surface area contributed by atoms with Crippen molar-refractivity contribution in [2.24, 2.45) is 23.5 Å². The van der Waals surface area contributed by atoms with Gasteiger partial charge in [0.05, 0.1) is 0 Å². The molecule has 0 saturated heterocycles. The molecule has 0 aromatic heterocycles. The predicted octanol–water partition coefficient (Wildman–Crippen LogP) is 1.28. The van der Waals surface area contributed by atoms with Crippen LogP contribution in [-0.2, 0) is 9.59 Å². The standard InChI is InChI=1S/C15H31N3O2/c1-11(2)7-13(9-16)8-15(20)17-6-5-14(19)18-10-12(3)4/h11-13H,5-10,16H2,1-4H3,(H,17,20)(H,18,19). The van der Waals surface area contributed by atoms with E-state index >= 15 is 0 Å². The van der Waals surface area contributed by atoms with Crippen LogP contribution in [-0.4, -0.2) is 31.4 Å². The summed E-state index contributed by atoms with van der Waals surface area (Å²) in [5.41, 5.74) is 5.67. The molecule has 0 saturated carbocycles. The summed E-state index contributed by atoms with van der Waals surface area (Å²) in [6.07, 6.45) is 1.73. The monoisotopic (exact) mass is 285 g/mol. The molecule has 20 heavy (non-hydrogen) atoms. The van der Waals surface area contributed by atoms with Crippen LogP contribution in [0.3, 0.4) is 0 Å². The van der Waals surface area contributed by atoms with Gasteiger partial charge in [-0.2, -0.15) is 0 Å². The molecule has 1 unspecified atom stereocenters. The van der Waals surface area contributed by atoms with E-state index < -0.39 is 0 Å². The summed E-state index contributed by atoms with van der Waals surface area (Å²) in [6, 6.07) is 0. The Bertz CT molecular complexity index is 291. The van der Waals surface area contributed by atoms with Crippen LogP contribution in [0.2, 0.25) is 0 Å². The van der Waals surface area contributed by atoms with Gasteiger partial charge >= 0.3 is 0 Å². The van der Waals surface area contributed by atoms with Crippen LogP contribution >= 0.6 is 0 Å². The van der Waals surface area contributed by atoms with Crippen molar-refractivity contribution in [3.63, 3.8) is 0 Å². The molecule has 0 fully saturated rings. The van der Waals surface area contributed by atoms with Gasteiger partial charge in [-0.25, -0.2) is 0 Å². The van der Waals surface area contributed by atoms with Gasteiger partial charge in [0.15, 0.2) is 0 Å². The molecule has 0 aliphatic heterocycles. The van der Waals surface area contributed by atoms with Crippen molar-refractivity contribution >= 4 is 11.8 Å². The lowest BCUT2D eigenvalue weighted by atomic mass is 9.94. The first-order valence-corrected chi connectivity index (χ1v) is 7.58. The maximum atomic E-state index is 11.7. The number of carbonyl (C=O) groups excluding carboxylic acids is 2. The van der Waals surface area contributed by atoms with Gasteiger partial charge in [-0.1, -0.05) is 27.7 Å². The van der Waals surface area contributed by atoms with E-state index in [-0.39, 0.29) is 17.7 Å². The first-order valence-electron chi connectivity index (χ1n) is 7.58. The van der Waals surface area contributed by atoms with Crippen molar-refractivity contribution in [2.75, 3.05) is 19.6 Å². The maximum absolute atomic E-state index is 11.7. The molecule has 0 aliphatic carbocycles. The van der Waals surface area contributed by atoms with Crippen LogP contribution in [0, 0.1) is 17.8 Å². The van der Waals surface area contributed by atoms with E-state index in [9.17, 15) is 9.59 Å². The molecule has 2 amide bonds. The third kappa shape index (κ3) is 10.8. The molecule has 0 radical (unpaired) electrons. The Balaban J connectivity index is 3.79. The van der Waals surface area contributed by atoms with E-state index in [4.69, 9.17) is 5.73 Å². The number of carbonyl (C=O) groups is 2. The Labute approximate surface area is 123 Å². The Morgan fingerprint density at radius 1 is 1.00 bits per heavy atom. The summed E-state index contributed by atoms with van der Waals surface area (Å²) in [7, 11) is 0. The zero-order valence-corrected chi connectivity index (χ0v) is 13.4. The quantitative estimate of drug-likeness (QED) is 0.565. The highest BCUT2D eigenvalue weighted by molar-refractivity contribution is 5.79. The van der Waals surface area contributed by atoms with E-state index in [0.29, 0.717) is 44.3 Å². The zero-order chi connectivity index (χ0) is 15.5. The van der Waals surface area contributed by atoms with Crippen molar-refractivity contribution in [2.45, 2.75) is 47.0 Å². The van der Waals surface area contributed by atoms with Gasteiger partial charge < -0.3 is 16.4 Å². The minimum absolute atomic E-state index is 0.0160. The molecular weight excluding hydrogens is 254 g/mol. The van der Waals surface area contributed by atoms with Gasteiger partial charge in [0, 0.05) is 25.9 Å². The molecule has 0 aromatic carbocycles. The highest BCUT2D eigenvalue weighted by atomic mass is 16.2. The summed E-state index contributed by atoms with van der Waals surface area (Å²) in [5.74, 6) is 1.17. The van der Waals surface area contributed by atoms with Crippen LogP contribution in [0.5, 0.6) is 0 Å². The average molecular weight is 285 g/mol. The zero-order valence-electron chi connectivity index (χ0n) is 13.4. The highest BCUT2D eigenvalue weighted by Crippen LogP contribution is 2.13. The van der Waals surface area contributed by atoms with E-state index in [1.54, 1.807) is 0 Å². The number of nitrogens with two attached hydrogens (primary N) is 1. The van der Waals surface area contributed by atoms with Crippen molar-refractivity contribution in [1.29, 1.82) is 0 Å². The summed E-state index contributed by atoms with van der Waals surface area (Å²) >= 11 is 0. The first-order chi connectivity index (χ1) is 9.35. The molecule has 0 spiro atoms. The highest BCUT2D eigenvalue weighted by Gasteiger charge is 2.14. The maximum Gasteiger partial charge on any atom is 0.221 e. The lowest BCUT2D eigenvalue weighted by Crippen LogP contribution is -2.33. The van der Waals surface area contributed by atoms with E-state index in [1.807, 2.05) is 13.8 Å². The van der Waals surface area contributed by atoms with Gasteiger partial charge in [0.1, 0.15) is 0 Å². The van der Waals surface area contributed by atoms with Gasteiger partial charge in [0.25, 0.3) is 0 Å². The van der Waals surface area contributed by atoms with Crippen molar-refractivity contribution < 1.29 is 9.59 Å². The summed E-state index contributed by atoms with van der Waals surface area (Å²) < 4.78 is 0. The first kappa shape index (κ1) is 18.9. The number of nitrogens with one attached hydrogen (secondary N) is 2. The topological polar surface area (TPSA) is 84.2 Å². The Morgan fingerprint density at radius 2 is 1.65 bits per heavy atom. The van der Waals surface area contributed by atoms with Crippen LogP contribution < -0.4 is 16.4 Å². The molecule has 0 heterocycles. The lowest BCUT2D eigenvalue weighted by Gasteiger charge is -2.16. The van der Waals surface area contributed by atoms with Crippen LogP contribution in [0.25, 0.3) is 0 Å². The molecule has 0 rings (SSSR count). The van der Waals surface area contributed by atoms with Crippen molar-refractivity contribution in [3.8, 4) is 0 Å². The summed E-state index contributed by atoms with van der Waals surface area (Å²) in [6.45, 7) is 9.94. The van der Waals surface area contributed by atoms with Crippen LogP contribution in [0.1, 0.15) is 47.0 Å². The van der Waals surface area contributed by atoms with Gasteiger partial charge in [0.2, 0.25) is 11.8 Å². The molecule has 0 aromatic rings. The smallest absolute Gasteiger partial charge is 0.221 e. The largest absolute Gasteiger partial charge is 0.356 e. The summed E-state index contributed by atoms with van der Waals surface area (Å²) in [5, 5.41) is 5.61. The normalized spacial score (nSPS) is 12.6. The lowest BCUT2D eigenvalue weighted by molar-refractivity contribution is -0.123. The van der Waals surface area contributed by atoms with Crippen molar-refractivity contribution in [3.05, 3.63) is 0 Å². The molecule has 1 atom stereocenters.